The highest BCUT2D eigenvalue weighted by molar-refractivity contribution is 9.10. The Morgan fingerprint density at radius 2 is 2.31 bits per heavy atom. The lowest BCUT2D eigenvalue weighted by molar-refractivity contribution is 0.707. The van der Waals surface area contributed by atoms with Crippen LogP contribution >= 0.6 is 15.9 Å². The number of rotatable bonds is 1. The number of nitrogens with two attached hydrogens (primary N) is 1. The molecule has 0 bridgehead atoms. The van der Waals surface area contributed by atoms with Gasteiger partial charge in [0, 0.05) is 10.5 Å². The zero-order chi connectivity index (χ0) is 9.42. The summed E-state index contributed by atoms with van der Waals surface area (Å²) in [5.74, 6) is 0. The number of halogens is 1. The van der Waals surface area contributed by atoms with Gasteiger partial charge in [0.2, 0.25) is 0 Å². The van der Waals surface area contributed by atoms with Crippen LogP contribution in [0.2, 0.25) is 0 Å². The van der Waals surface area contributed by atoms with Crippen molar-refractivity contribution in [2.24, 2.45) is 5.73 Å². The number of benzene rings is 1. The van der Waals surface area contributed by atoms with Crippen LogP contribution in [0.15, 0.2) is 16.6 Å². The summed E-state index contributed by atoms with van der Waals surface area (Å²) in [4.78, 5) is 0. The zero-order valence-electron chi connectivity index (χ0n) is 7.81. The third-order valence-corrected chi connectivity index (χ3v) is 3.59. The number of aryl methyl sites for hydroxylation is 1. The van der Waals surface area contributed by atoms with Crippen molar-refractivity contribution in [2.75, 3.05) is 0 Å². The topological polar surface area (TPSA) is 26.0 Å². The van der Waals surface area contributed by atoms with Crippen molar-refractivity contribution < 1.29 is 0 Å². The molecule has 0 unspecified atom stereocenters. The molecule has 0 saturated heterocycles. The number of hydrogen-bond acceptors (Lipinski definition) is 1. The van der Waals surface area contributed by atoms with Crippen LogP contribution in [0.25, 0.3) is 0 Å². The predicted molar refractivity (Wildman–Crippen MR) is 58.8 cm³/mol. The average molecular weight is 240 g/mol. The predicted octanol–water partition coefficient (Wildman–Crippen LogP) is 2.96. The molecule has 70 valence electrons. The molecule has 1 aliphatic carbocycles. The maximum atomic E-state index is 6.07. The summed E-state index contributed by atoms with van der Waals surface area (Å²) < 4.78 is 1.23. The van der Waals surface area contributed by atoms with E-state index in [1.165, 1.54) is 21.2 Å². The third kappa shape index (κ3) is 1.42. The largest absolute Gasteiger partial charge is 0.324 e. The minimum atomic E-state index is 0.266. The fourth-order valence-electron chi connectivity index (χ4n) is 2.16. The van der Waals surface area contributed by atoms with Gasteiger partial charge in [-0.25, -0.2) is 0 Å². The van der Waals surface area contributed by atoms with Gasteiger partial charge in [-0.05, 0) is 42.0 Å². The fraction of sp³-hybridized carbons (Fsp3) is 0.455. The van der Waals surface area contributed by atoms with E-state index in [9.17, 15) is 0 Å². The second kappa shape index (κ2) is 3.43. The van der Waals surface area contributed by atoms with Crippen LogP contribution in [0, 0.1) is 0 Å². The van der Waals surface area contributed by atoms with E-state index in [0.717, 1.165) is 19.3 Å². The van der Waals surface area contributed by atoms with Crippen molar-refractivity contribution in [3.8, 4) is 0 Å². The molecule has 1 nitrogen and oxygen atoms in total. The smallest absolute Gasteiger partial charge is 0.0303 e. The quantitative estimate of drug-likeness (QED) is 0.802. The molecular formula is C11H14BrN. The Balaban J connectivity index is 2.60. The van der Waals surface area contributed by atoms with Gasteiger partial charge in [-0.15, -0.1) is 0 Å². The first-order valence-electron chi connectivity index (χ1n) is 4.79. The van der Waals surface area contributed by atoms with Crippen molar-refractivity contribution in [3.05, 3.63) is 33.3 Å². The standard InChI is InChI=1S/C11H14BrN/c1-2-7-3-5-9(12)8-4-6-10(13)11(7)8/h3,5,10H,2,4,6,13H2,1H3/t10-/m0/s1. The van der Waals surface area contributed by atoms with E-state index in [2.05, 4.69) is 35.0 Å². The Morgan fingerprint density at radius 1 is 1.54 bits per heavy atom. The SMILES string of the molecule is CCc1ccc(Br)c2c1[C@@H](N)CC2. The van der Waals surface area contributed by atoms with Crippen LogP contribution in [0.5, 0.6) is 0 Å². The van der Waals surface area contributed by atoms with Crippen molar-refractivity contribution in [3.63, 3.8) is 0 Å². The molecule has 2 rings (SSSR count). The lowest BCUT2D eigenvalue weighted by Crippen LogP contribution is -2.08. The Hall–Kier alpha value is -0.340. The van der Waals surface area contributed by atoms with Gasteiger partial charge in [0.1, 0.15) is 0 Å². The highest BCUT2D eigenvalue weighted by atomic mass is 79.9. The normalized spacial score (nSPS) is 20.4. The lowest BCUT2D eigenvalue weighted by atomic mass is 9.99. The molecule has 0 aliphatic heterocycles. The van der Waals surface area contributed by atoms with Gasteiger partial charge in [0.25, 0.3) is 0 Å². The van der Waals surface area contributed by atoms with E-state index in [4.69, 9.17) is 5.73 Å². The van der Waals surface area contributed by atoms with E-state index in [0.29, 0.717) is 0 Å². The van der Waals surface area contributed by atoms with E-state index >= 15 is 0 Å². The van der Waals surface area contributed by atoms with Gasteiger partial charge in [-0.2, -0.15) is 0 Å². The molecule has 1 aromatic rings. The summed E-state index contributed by atoms with van der Waals surface area (Å²) in [6, 6.07) is 4.60. The Labute approximate surface area is 87.5 Å². The molecule has 0 radical (unpaired) electrons. The van der Waals surface area contributed by atoms with Gasteiger partial charge < -0.3 is 5.73 Å². The van der Waals surface area contributed by atoms with Crippen LogP contribution in [-0.4, -0.2) is 0 Å². The van der Waals surface area contributed by atoms with Crippen LogP contribution in [0.4, 0.5) is 0 Å². The Bertz CT molecular complexity index is 333. The minimum Gasteiger partial charge on any atom is -0.324 e. The number of hydrogen-bond donors (Lipinski definition) is 1. The van der Waals surface area contributed by atoms with E-state index in [-0.39, 0.29) is 6.04 Å². The summed E-state index contributed by atoms with van der Waals surface area (Å²) >= 11 is 3.58. The van der Waals surface area contributed by atoms with Gasteiger partial charge >= 0.3 is 0 Å². The molecule has 0 fully saturated rings. The van der Waals surface area contributed by atoms with Gasteiger partial charge in [0.15, 0.2) is 0 Å². The number of fused-ring (bicyclic) bond motifs is 1. The van der Waals surface area contributed by atoms with Crippen LogP contribution in [-0.2, 0) is 12.8 Å². The molecular weight excluding hydrogens is 226 g/mol. The molecule has 1 atom stereocenters. The molecule has 0 heterocycles. The molecule has 0 amide bonds. The van der Waals surface area contributed by atoms with Crippen molar-refractivity contribution in [1.29, 1.82) is 0 Å². The van der Waals surface area contributed by atoms with E-state index in [1.807, 2.05) is 0 Å². The second-order valence-corrected chi connectivity index (χ2v) is 4.45. The minimum absolute atomic E-state index is 0.266. The maximum absolute atomic E-state index is 6.07. The lowest BCUT2D eigenvalue weighted by Gasteiger charge is -2.11. The molecule has 0 saturated carbocycles. The first-order chi connectivity index (χ1) is 6.24. The highest BCUT2D eigenvalue weighted by Crippen LogP contribution is 2.36. The average Bonchev–Trinajstić information content (AvgIpc) is 2.51. The third-order valence-electron chi connectivity index (χ3n) is 2.85. The Morgan fingerprint density at radius 3 is 3.00 bits per heavy atom. The highest BCUT2D eigenvalue weighted by Gasteiger charge is 2.23. The van der Waals surface area contributed by atoms with Gasteiger partial charge in [0.05, 0.1) is 0 Å². The van der Waals surface area contributed by atoms with Gasteiger partial charge in [-0.3, -0.25) is 0 Å². The summed E-state index contributed by atoms with van der Waals surface area (Å²) in [5.41, 5.74) is 10.3. The summed E-state index contributed by atoms with van der Waals surface area (Å²) in [7, 11) is 0. The fourth-order valence-corrected chi connectivity index (χ4v) is 2.70. The molecule has 2 heteroatoms. The van der Waals surface area contributed by atoms with Crippen molar-refractivity contribution in [2.45, 2.75) is 32.2 Å². The van der Waals surface area contributed by atoms with Crippen molar-refractivity contribution in [1.82, 2.24) is 0 Å². The van der Waals surface area contributed by atoms with Crippen LogP contribution in [0.1, 0.15) is 36.1 Å². The van der Waals surface area contributed by atoms with E-state index in [1.54, 1.807) is 0 Å². The maximum Gasteiger partial charge on any atom is 0.0303 e. The summed E-state index contributed by atoms with van der Waals surface area (Å²) in [5, 5.41) is 0. The van der Waals surface area contributed by atoms with Crippen LogP contribution < -0.4 is 5.73 Å². The van der Waals surface area contributed by atoms with Crippen molar-refractivity contribution >= 4 is 15.9 Å². The molecule has 0 spiro atoms. The zero-order valence-corrected chi connectivity index (χ0v) is 9.39. The Kier molecular flexibility index (Phi) is 2.43. The molecule has 1 aromatic carbocycles. The molecule has 0 aromatic heterocycles. The monoisotopic (exact) mass is 239 g/mol. The summed E-state index contributed by atoms with van der Waals surface area (Å²) in [6.07, 6.45) is 3.32. The molecule has 2 N–H and O–H groups in total. The van der Waals surface area contributed by atoms with Gasteiger partial charge in [-0.1, -0.05) is 28.9 Å². The molecule has 1 aliphatic rings. The van der Waals surface area contributed by atoms with E-state index < -0.39 is 0 Å². The first kappa shape index (κ1) is 9.22. The first-order valence-corrected chi connectivity index (χ1v) is 5.59. The second-order valence-electron chi connectivity index (χ2n) is 3.60. The molecule has 13 heavy (non-hydrogen) atoms. The summed E-state index contributed by atoms with van der Waals surface area (Å²) in [6.45, 7) is 2.19. The van der Waals surface area contributed by atoms with Crippen LogP contribution in [0.3, 0.4) is 0 Å².